The molecule has 0 fully saturated rings. The fraction of sp³-hybridized carbons (Fsp3) is 0.200. The summed E-state index contributed by atoms with van der Waals surface area (Å²) < 4.78 is 3.39. The van der Waals surface area contributed by atoms with E-state index in [1.54, 1.807) is 31.4 Å². The molecule has 4 rings (SSSR count). The molecule has 1 amide bonds. The lowest BCUT2D eigenvalue weighted by atomic mass is 10.1. The van der Waals surface area contributed by atoms with E-state index >= 15 is 0 Å². The molecule has 7 heteroatoms. The standard InChI is InChI=1S/C20H19N5O2/c1-24-13-16(14-7-2-3-8-15(14)20(24)27)19(26)21-11-6-10-18-23-22-17-9-4-5-12-25(17)18/h2-5,7-9,12-13H,6,10-11H2,1H3,(H,21,26). The topological polar surface area (TPSA) is 81.3 Å². The molecule has 0 radical (unpaired) electrons. The van der Waals surface area contributed by atoms with Crippen molar-refractivity contribution in [2.45, 2.75) is 12.8 Å². The summed E-state index contributed by atoms with van der Waals surface area (Å²) in [4.78, 5) is 24.9. The number of pyridine rings is 2. The number of aromatic nitrogens is 4. The van der Waals surface area contributed by atoms with E-state index in [1.165, 1.54) is 4.57 Å². The lowest BCUT2D eigenvalue weighted by molar-refractivity contribution is 0.0954. The third-order valence-corrected chi connectivity index (χ3v) is 4.58. The first-order chi connectivity index (χ1) is 13.1. The summed E-state index contributed by atoms with van der Waals surface area (Å²) in [6.45, 7) is 0.512. The predicted octanol–water partition coefficient (Wildman–Crippen LogP) is 1.94. The average Bonchev–Trinajstić information content (AvgIpc) is 3.11. The van der Waals surface area contributed by atoms with Gasteiger partial charge in [-0.15, -0.1) is 10.2 Å². The van der Waals surface area contributed by atoms with Gasteiger partial charge in [-0.2, -0.15) is 0 Å². The molecule has 0 aliphatic carbocycles. The van der Waals surface area contributed by atoms with E-state index in [-0.39, 0.29) is 11.5 Å². The molecule has 0 aliphatic rings. The van der Waals surface area contributed by atoms with Gasteiger partial charge in [-0.25, -0.2) is 0 Å². The molecule has 1 aromatic carbocycles. The van der Waals surface area contributed by atoms with Crippen LogP contribution in [0.2, 0.25) is 0 Å². The molecule has 0 bridgehead atoms. The van der Waals surface area contributed by atoms with Gasteiger partial charge in [-0.3, -0.25) is 14.0 Å². The van der Waals surface area contributed by atoms with Crippen molar-refractivity contribution in [3.05, 3.63) is 76.6 Å². The van der Waals surface area contributed by atoms with E-state index in [0.717, 1.165) is 17.9 Å². The Morgan fingerprint density at radius 3 is 2.70 bits per heavy atom. The first kappa shape index (κ1) is 17.0. The molecular weight excluding hydrogens is 342 g/mol. The van der Waals surface area contributed by atoms with Gasteiger partial charge in [-0.05, 0) is 24.6 Å². The molecule has 136 valence electrons. The third-order valence-electron chi connectivity index (χ3n) is 4.58. The lowest BCUT2D eigenvalue weighted by Gasteiger charge is -2.10. The second-order valence-corrected chi connectivity index (χ2v) is 6.41. The van der Waals surface area contributed by atoms with Crippen LogP contribution in [0.4, 0.5) is 0 Å². The summed E-state index contributed by atoms with van der Waals surface area (Å²) in [7, 11) is 1.65. The molecular formula is C20H19N5O2. The monoisotopic (exact) mass is 361 g/mol. The summed E-state index contributed by atoms with van der Waals surface area (Å²) in [5.74, 6) is 0.681. The Hall–Kier alpha value is -3.48. The van der Waals surface area contributed by atoms with Gasteiger partial charge in [0, 0.05) is 43.2 Å². The van der Waals surface area contributed by atoms with Gasteiger partial charge in [0.05, 0.1) is 5.56 Å². The Balaban J connectivity index is 1.45. The molecule has 3 aromatic heterocycles. The Morgan fingerprint density at radius 1 is 1.07 bits per heavy atom. The number of carbonyl (C=O) groups excluding carboxylic acids is 1. The Morgan fingerprint density at radius 2 is 1.85 bits per heavy atom. The number of fused-ring (bicyclic) bond motifs is 2. The van der Waals surface area contributed by atoms with Crippen molar-refractivity contribution in [2.75, 3.05) is 6.54 Å². The van der Waals surface area contributed by atoms with Crippen LogP contribution in [0.1, 0.15) is 22.6 Å². The Labute approximate surface area is 155 Å². The van der Waals surface area contributed by atoms with Crippen LogP contribution in [-0.2, 0) is 13.5 Å². The molecule has 27 heavy (non-hydrogen) atoms. The van der Waals surface area contributed by atoms with Crippen LogP contribution in [0, 0.1) is 0 Å². The molecule has 0 saturated carbocycles. The second kappa shape index (κ2) is 7.03. The van der Waals surface area contributed by atoms with E-state index in [1.807, 2.05) is 34.9 Å². The van der Waals surface area contributed by atoms with Crippen LogP contribution < -0.4 is 10.9 Å². The zero-order valence-electron chi connectivity index (χ0n) is 14.9. The van der Waals surface area contributed by atoms with Crippen LogP contribution in [0.3, 0.4) is 0 Å². The van der Waals surface area contributed by atoms with E-state index in [0.29, 0.717) is 29.3 Å². The third kappa shape index (κ3) is 3.19. The SMILES string of the molecule is Cn1cc(C(=O)NCCCc2nnc3ccccn23)c2ccccc2c1=O. The molecule has 0 spiro atoms. The van der Waals surface area contributed by atoms with E-state index < -0.39 is 0 Å². The smallest absolute Gasteiger partial charge is 0.258 e. The summed E-state index contributed by atoms with van der Waals surface area (Å²) in [6, 6.07) is 12.9. The maximum atomic E-state index is 12.6. The van der Waals surface area contributed by atoms with E-state index in [9.17, 15) is 9.59 Å². The van der Waals surface area contributed by atoms with Crippen molar-refractivity contribution in [3.63, 3.8) is 0 Å². The van der Waals surface area contributed by atoms with Crippen molar-refractivity contribution in [1.82, 2.24) is 24.5 Å². The summed E-state index contributed by atoms with van der Waals surface area (Å²) >= 11 is 0. The van der Waals surface area contributed by atoms with Crippen molar-refractivity contribution in [2.24, 2.45) is 7.05 Å². The van der Waals surface area contributed by atoms with Gasteiger partial charge < -0.3 is 9.88 Å². The maximum Gasteiger partial charge on any atom is 0.258 e. The molecule has 1 N–H and O–H groups in total. The van der Waals surface area contributed by atoms with Crippen molar-refractivity contribution in [3.8, 4) is 0 Å². The zero-order valence-corrected chi connectivity index (χ0v) is 14.9. The minimum Gasteiger partial charge on any atom is -0.352 e. The van der Waals surface area contributed by atoms with E-state index in [2.05, 4.69) is 15.5 Å². The van der Waals surface area contributed by atoms with Gasteiger partial charge in [0.2, 0.25) is 0 Å². The number of amides is 1. The van der Waals surface area contributed by atoms with E-state index in [4.69, 9.17) is 0 Å². The summed E-state index contributed by atoms with van der Waals surface area (Å²) in [6.07, 6.45) is 4.97. The maximum absolute atomic E-state index is 12.6. The van der Waals surface area contributed by atoms with Crippen molar-refractivity contribution >= 4 is 22.3 Å². The van der Waals surface area contributed by atoms with Crippen LogP contribution in [0.25, 0.3) is 16.4 Å². The Kier molecular flexibility index (Phi) is 4.42. The molecule has 7 nitrogen and oxygen atoms in total. The molecule has 0 aliphatic heterocycles. The summed E-state index contributed by atoms with van der Waals surface area (Å²) in [5, 5.41) is 12.5. The number of benzene rings is 1. The molecule has 4 aromatic rings. The molecule has 0 saturated heterocycles. The highest BCUT2D eigenvalue weighted by Gasteiger charge is 2.13. The van der Waals surface area contributed by atoms with Gasteiger partial charge >= 0.3 is 0 Å². The van der Waals surface area contributed by atoms with Gasteiger partial charge in [0.1, 0.15) is 5.82 Å². The number of aryl methyl sites for hydroxylation is 2. The lowest BCUT2D eigenvalue weighted by Crippen LogP contribution is -2.27. The number of rotatable bonds is 5. The van der Waals surface area contributed by atoms with Crippen LogP contribution >= 0.6 is 0 Å². The minimum atomic E-state index is -0.187. The minimum absolute atomic E-state index is 0.110. The second-order valence-electron chi connectivity index (χ2n) is 6.41. The van der Waals surface area contributed by atoms with Gasteiger partial charge in [-0.1, -0.05) is 24.3 Å². The number of hydrogen-bond acceptors (Lipinski definition) is 4. The summed E-state index contributed by atoms with van der Waals surface area (Å²) in [5.41, 5.74) is 1.20. The predicted molar refractivity (Wildman–Crippen MR) is 103 cm³/mol. The Bertz CT molecular complexity index is 1190. The van der Waals surface area contributed by atoms with Gasteiger partial charge in [0.25, 0.3) is 11.5 Å². The largest absolute Gasteiger partial charge is 0.352 e. The first-order valence-corrected chi connectivity index (χ1v) is 8.80. The molecule has 0 atom stereocenters. The highest BCUT2D eigenvalue weighted by Crippen LogP contribution is 2.15. The van der Waals surface area contributed by atoms with Gasteiger partial charge in [0.15, 0.2) is 5.65 Å². The van der Waals surface area contributed by atoms with Crippen LogP contribution in [-0.4, -0.2) is 31.6 Å². The fourth-order valence-corrected chi connectivity index (χ4v) is 3.20. The number of hydrogen-bond donors (Lipinski definition) is 1. The highest BCUT2D eigenvalue weighted by atomic mass is 16.2. The zero-order chi connectivity index (χ0) is 18.8. The first-order valence-electron chi connectivity index (χ1n) is 8.80. The van der Waals surface area contributed by atoms with Crippen molar-refractivity contribution in [1.29, 1.82) is 0 Å². The molecule has 3 heterocycles. The number of nitrogens with one attached hydrogen (secondary N) is 1. The van der Waals surface area contributed by atoms with Crippen molar-refractivity contribution < 1.29 is 4.79 Å². The van der Waals surface area contributed by atoms with Crippen LogP contribution in [0.5, 0.6) is 0 Å². The number of carbonyl (C=O) groups is 1. The van der Waals surface area contributed by atoms with Crippen LogP contribution in [0.15, 0.2) is 59.7 Å². The average molecular weight is 361 g/mol. The number of nitrogens with zero attached hydrogens (tertiary/aromatic N) is 4. The molecule has 0 unspecified atom stereocenters. The highest BCUT2D eigenvalue weighted by molar-refractivity contribution is 6.06. The fourth-order valence-electron chi connectivity index (χ4n) is 3.20. The normalized spacial score (nSPS) is 11.1. The quantitative estimate of drug-likeness (QED) is 0.551.